The quantitative estimate of drug-likeness (QED) is 0.552. The number of rotatable bonds is 3. The van der Waals surface area contributed by atoms with Gasteiger partial charge in [0, 0.05) is 22.7 Å². The van der Waals surface area contributed by atoms with Crippen LogP contribution in [0.3, 0.4) is 0 Å². The van der Waals surface area contributed by atoms with Crippen LogP contribution in [0.2, 0.25) is 10.0 Å². The SMILES string of the molecule is CN1C(=O)CC(C(=O)Nc2ccc(I)cc2)SC1=Nc1ccc(Cl)c(Cl)c1. The van der Waals surface area contributed by atoms with Gasteiger partial charge in [0.15, 0.2) is 5.17 Å². The highest BCUT2D eigenvalue weighted by atomic mass is 127. The highest BCUT2D eigenvalue weighted by molar-refractivity contribution is 14.1. The smallest absolute Gasteiger partial charge is 0.238 e. The molecule has 1 atom stereocenters. The average molecular weight is 534 g/mol. The summed E-state index contributed by atoms with van der Waals surface area (Å²) in [6.07, 6.45) is 0.109. The Morgan fingerprint density at radius 1 is 1.22 bits per heavy atom. The monoisotopic (exact) mass is 533 g/mol. The number of thioether (sulfide) groups is 1. The summed E-state index contributed by atoms with van der Waals surface area (Å²) in [4.78, 5) is 30.8. The molecular formula is C18H14Cl2IN3O2S. The third-order valence-corrected chi connectivity index (χ3v) is 6.50. The fraction of sp³-hybridized carbons (Fsp3) is 0.167. The number of amides is 2. The fourth-order valence-corrected chi connectivity index (χ4v) is 4.04. The van der Waals surface area contributed by atoms with E-state index >= 15 is 0 Å². The van der Waals surface area contributed by atoms with Crippen molar-refractivity contribution >= 4 is 85.9 Å². The van der Waals surface area contributed by atoms with Crippen LogP contribution in [0.15, 0.2) is 47.5 Å². The summed E-state index contributed by atoms with van der Waals surface area (Å²) in [5, 5.41) is 3.53. The van der Waals surface area contributed by atoms with Gasteiger partial charge in [-0.25, -0.2) is 4.99 Å². The van der Waals surface area contributed by atoms with Crippen molar-refractivity contribution in [1.82, 2.24) is 4.90 Å². The van der Waals surface area contributed by atoms with Gasteiger partial charge in [0.1, 0.15) is 5.25 Å². The molecule has 0 bridgehead atoms. The second kappa shape index (κ2) is 8.81. The fourth-order valence-electron chi connectivity index (χ4n) is 2.32. The summed E-state index contributed by atoms with van der Waals surface area (Å²) in [5.74, 6) is -0.403. The molecule has 0 aromatic heterocycles. The van der Waals surface area contributed by atoms with Gasteiger partial charge in [-0.15, -0.1) is 0 Å². The Kier molecular flexibility index (Phi) is 6.67. The highest BCUT2D eigenvalue weighted by Crippen LogP contribution is 2.31. The summed E-state index contributed by atoms with van der Waals surface area (Å²) < 4.78 is 1.07. The number of hydrogen-bond acceptors (Lipinski definition) is 4. The third-order valence-electron chi connectivity index (χ3n) is 3.80. The molecule has 1 unspecified atom stereocenters. The molecule has 5 nitrogen and oxygen atoms in total. The first-order valence-corrected chi connectivity index (χ1v) is 10.6. The van der Waals surface area contributed by atoms with Crippen LogP contribution in [0.25, 0.3) is 0 Å². The van der Waals surface area contributed by atoms with Crippen LogP contribution < -0.4 is 5.32 Å². The standard InChI is InChI=1S/C18H14Cl2IN3O2S/c1-24-16(25)9-15(17(26)22-11-4-2-10(21)3-5-11)27-18(24)23-12-6-7-13(19)14(20)8-12/h2-8,15H,9H2,1H3,(H,22,26). The normalized spacial score (nSPS) is 18.7. The molecule has 27 heavy (non-hydrogen) atoms. The summed E-state index contributed by atoms with van der Waals surface area (Å²) in [5.41, 5.74) is 1.25. The van der Waals surface area contributed by atoms with Gasteiger partial charge in [-0.3, -0.25) is 14.5 Å². The first-order chi connectivity index (χ1) is 12.8. The van der Waals surface area contributed by atoms with Crippen molar-refractivity contribution in [2.75, 3.05) is 12.4 Å². The zero-order valence-corrected chi connectivity index (χ0v) is 18.6. The third kappa shape index (κ3) is 5.16. The second-order valence-electron chi connectivity index (χ2n) is 5.75. The van der Waals surface area contributed by atoms with Gasteiger partial charge in [0.25, 0.3) is 0 Å². The number of halogens is 3. The molecule has 2 amide bonds. The van der Waals surface area contributed by atoms with Crippen LogP contribution in [0.1, 0.15) is 6.42 Å². The first-order valence-electron chi connectivity index (χ1n) is 7.87. The number of nitrogens with zero attached hydrogens (tertiary/aromatic N) is 2. The number of aliphatic imine (C=N–C) groups is 1. The van der Waals surface area contributed by atoms with E-state index in [4.69, 9.17) is 23.2 Å². The Morgan fingerprint density at radius 2 is 1.93 bits per heavy atom. The molecule has 1 heterocycles. The molecule has 1 N–H and O–H groups in total. The van der Waals surface area contributed by atoms with Gasteiger partial charge in [0.2, 0.25) is 11.8 Å². The molecule has 0 saturated carbocycles. The Hall–Kier alpha value is -1.29. The van der Waals surface area contributed by atoms with Crippen molar-refractivity contribution in [1.29, 1.82) is 0 Å². The molecule has 9 heteroatoms. The molecule has 1 aliphatic rings. The van der Waals surface area contributed by atoms with Crippen LogP contribution in [0.4, 0.5) is 11.4 Å². The Morgan fingerprint density at radius 3 is 2.59 bits per heavy atom. The predicted octanol–water partition coefficient (Wildman–Crippen LogP) is 5.19. The zero-order chi connectivity index (χ0) is 19.6. The molecule has 0 radical (unpaired) electrons. The van der Waals surface area contributed by atoms with E-state index in [0.717, 1.165) is 3.57 Å². The highest BCUT2D eigenvalue weighted by Gasteiger charge is 2.34. The van der Waals surface area contributed by atoms with Crippen molar-refractivity contribution in [3.8, 4) is 0 Å². The lowest BCUT2D eigenvalue weighted by Gasteiger charge is -2.28. The molecule has 0 aliphatic carbocycles. The topological polar surface area (TPSA) is 61.8 Å². The van der Waals surface area contributed by atoms with Gasteiger partial charge in [-0.05, 0) is 65.1 Å². The maximum absolute atomic E-state index is 12.6. The number of carbonyl (C=O) groups is 2. The molecule has 0 spiro atoms. The first kappa shape index (κ1) is 20.4. The van der Waals surface area contributed by atoms with Crippen LogP contribution in [-0.2, 0) is 9.59 Å². The largest absolute Gasteiger partial charge is 0.325 e. The van der Waals surface area contributed by atoms with Crippen LogP contribution in [0.5, 0.6) is 0 Å². The number of anilines is 1. The van der Waals surface area contributed by atoms with Crippen LogP contribution >= 0.6 is 57.6 Å². The number of nitrogens with one attached hydrogen (secondary N) is 1. The Bertz CT molecular complexity index is 921. The number of benzene rings is 2. The summed E-state index contributed by atoms with van der Waals surface area (Å²) in [7, 11) is 1.64. The van der Waals surface area contributed by atoms with E-state index in [9.17, 15) is 9.59 Å². The van der Waals surface area contributed by atoms with E-state index in [-0.39, 0.29) is 18.2 Å². The Balaban J connectivity index is 1.78. The number of hydrogen-bond donors (Lipinski definition) is 1. The Labute approximate surface area is 184 Å². The van der Waals surface area contributed by atoms with Crippen LogP contribution in [-0.4, -0.2) is 34.2 Å². The predicted molar refractivity (Wildman–Crippen MR) is 120 cm³/mol. The molecule has 1 aliphatic heterocycles. The lowest BCUT2D eigenvalue weighted by atomic mass is 10.2. The maximum atomic E-state index is 12.6. The van der Waals surface area contributed by atoms with Crippen molar-refractivity contribution in [3.63, 3.8) is 0 Å². The number of carbonyl (C=O) groups excluding carboxylic acids is 2. The van der Waals surface area contributed by atoms with Crippen LogP contribution in [0, 0.1) is 3.57 Å². The van der Waals surface area contributed by atoms with Crippen molar-refractivity contribution in [2.45, 2.75) is 11.7 Å². The lowest BCUT2D eigenvalue weighted by Crippen LogP contribution is -2.43. The van der Waals surface area contributed by atoms with Gasteiger partial charge in [-0.2, -0.15) is 0 Å². The van der Waals surface area contributed by atoms with Gasteiger partial charge in [0.05, 0.1) is 15.7 Å². The zero-order valence-electron chi connectivity index (χ0n) is 14.1. The minimum absolute atomic E-state index is 0.109. The minimum atomic E-state index is -0.561. The van der Waals surface area contributed by atoms with Gasteiger partial charge >= 0.3 is 0 Å². The molecule has 2 aromatic rings. The molecular weight excluding hydrogens is 520 g/mol. The molecule has 2 aromatic carbocycles. The van der Waals surface area contributed by atoms with E-state index < -0.39 is 5.25 Å². The van der Waals surface area contributed by atoms with Crippen molar-refractivity contribution in [3.05, 3.63) is 56.1 Å². The van der Waals surface area contributed by atoms with E-state index in [1.54, 1.807) is 25.2 Å². The van der Waals surface area contributed by atoms with E-state index in [1.165, 1.54) is 16.7 Å². The summed E-state index contributed by atoms with van der Waals surface area (Å²) >= 11 is 15.4. The van der Waals surface area contributed by atoms with E-state index in [2.05, 4.69) is 32.9 Å². The molecule has 1 saturated heterocycles. The van der Waals surface area contributed by atoms with Crippen molar-refractivity contribution < 1.29 is 9.59 Å². The van der Waals surface area contributed by atoms with E-state index in [0.29, 0.717) is 26.6 Å². The average Bonchev–Trinajstić information content (AvgIpc) is 2.63. The maximum Gasteiger partial charge on any atom is 0.238 e. The van der Waals surface area contributed by atoms with Gasteiger partial charge in [-0.1, -0.05) is 35.0 Å². The van der Waals surface area contributed by atoms with Gasteiger partial charge < -0.3 is 5.32 Å². The lowest BCUT2D eigenvalue weighted by molar-refractivity contribution is -0.128. The molecule has 3 rings (SSSR count). The number of amidine groups is 1. The van der Waals surface area contributed by atoms with E-state index in [1.807, 2.05) is 24.3 Å². The molecule has 1 fully saturated rings. The summed E-state index contributed by atoms with van der Waals surface area (Å²) in [6.45, 7) is 0. The molecule has 140 valence electrons. The van der Waals surface area contributed by atoms with Crippen molar-refractivity contribution in [2.24, 2.45) is 4.99 Å². The minimum Gasteiger partial charge on any atom is -0.325 e. The second-order valence-corrected chi connectivity index (χ2v) is 8.98. The summed E-state index contributed by atoms with van der Waals surface area (Å²) in [6, 6.07) is 12.4.